The maximum atomic E-state index is 5.18. The van der Waals surface area contributed by atoms with Crippen LogP contribution in [0.25, 0.3) is 5.69 Å². The molecule has 2 heterocycles. The first kappa shape index (κ1) is 13.8. The highest BCUT2D eigenvalue weighted by molar-refractivity contribution is 7.98. The van der Waals surface area contributed by atoms with Crippen molar-refractivity contribution >= 4 is 11.8 Å². The molecule has 6 nitrogen and oxygen atoms in total. The van der Waals surface area contributed by atoms with E-state index >= 15 is 0 Å². The first-order chi connectivity index (χ1) is 10.2. The largest absolute Gasteiger partial charge is 0.361 e. The van der Waals surface area contributed by atoms with E-state index in [-0.39, 0.29) is 0 Å². The average molecular weight is 301 g/mol. The van der Waals surface area contributed by atoms with Gasteiger partial charge in [-0.2, -0.15) is 4.68 Å². The molecule has 108 valence electrons. The molecule has 0 saturated carbocycles. The van der Waals surface area contributed by atoms with Crippen molar-refractivity contribution in [3.63, 3.8) is 0 Å². The molecule has 0 saturated heterocycles. The van der Waals surface area contributed by atoms with Gasteiger partial charge in [-0.1, -0.05) is 35.1 Å². The number of benzene rings is 1. The molecule has 0 aliphatic heterocycles. The molecule has 0 amide bonds. The van der Waals surface area contributed by atoms with Gasteiger partial charge in [-0.25, -0.2) is 0 Å². The second-order valence-corrected chi connectivity index (χ2v) is 5.69. The molecule has 0 N–H and O–H groups in total. The molecule has 0 bridgehead atoms. The Balaban J connectivity index is 1.85. The van der Waals surface area contributed by atoms with E-state index in [0.29, 0.717) is 0 Å². The van der Waals surface area contributed by atoms with Crippen LogP contribution in [0.1, 0.15) is 22.6 Å². The fourth-order valence-corrected chi connectivity index (χ4v) is 3.10. The monoisotopic (exact) mass is 301 g/mol. The Morgan fingerprint density at radius 2 is 2.00 bits per heavy atom. The Kier molecular flexibility index (Phi) is 3.74. The summed E-state index contributed by atoms with van der Waals surface area (Å²) in [4.78, 5) is 0. The van der Waals surface area contributed by atoms with E-state index in [1.54, 1.807) is 16.4 Å². The quantitative estimate of drug-likeness (QED) is 0.690. The minimum absolute atomic E-state index is 0.730. The molecule has 1 aromatic carbocycles. The van der Waals surface area contributed by atoms with Gasteiger partial charge in [0.25, 0.3) is 0 Å². The predicted molar refractivity (Wildman–Crippen MR) is 79.4 cm³/mol. The molecular formula is C14H15N5OS. The third kappa shape index (κ3) is 2.69. The first-order valence-electron chi connectivity index (χ1n) is 6.55. The summed E-state index contributed by atoms with van der Waals surface area (Å²) in [5, 5.41) is 16.7. The van der Waals surface area contributed by atoms with E-state index in [2.05, 4.69) is 20.7 Å². The number of hydrogen-bond donors (Lipinski definition) is 0. The fraction of sp³-hybridized carbons (Fsp3) is 0.286. The molecule has 0 atom stereocenters. The predicted octanol–water partition coefficient (Wildman–Crippen LogP) is 2.87. The van der Waals surface area contributed by atoms with Crippen molar-refractivity contribution in [1.29, 1.82) is 0 Å². The minimum Gasteiger partial charge on any atom is -0.361 e. The smallest absolute Gasteiger partial charge is 0.214 e. The van der Waals surface area contributed by atoms with Crippen molar-refractivity contribution in [2.24, 2.45) is 0 Å². The number of rotatable bonds is 4. The van der Waals surface area contributed by atoms with Crippen LogP contribution in [0.2, 0.25) is 0 Å². The van der Waals surface area contributed by atoms with E-state index < -0.39 is 0 Å². The lowest BCUT2D eigenvalue weighted by atomic mass is 10.2. The average Bonchev–Trinajstić information content (AvgIpc) is 3.05. The molecule has 0 aliphatic rings. The molecule has 2 aromatic heterocycles. The Hall–Kier alpha value is -2.15. The molecule has 0 fully saturated rings. The van der Waals surface area contributed by atoms with E-state index in [1.165, 1.54) is 0 Å². The second kappa shape index (κ2) is 5.69. The highest BCUT2D eigenvalue weighted by atomic mass is 32.2. The van der Waals surface area contributed by atoms with Crippen LogP contribution in [0.5, 0.6) is 0 Å². The normalized spacial score (nSPS) is 11.0. The summed E-state index contributed by atoms with van der Waals surface area (Å²) < 4.78 is 6.94. The maximum absolute atomic E-state index is 5.18. The maximum Gasteiger partial charge on any atom is 0.214 e. The molecule has 0 radical (unpaired) electrons. The fourth-order valence-electron chi connectivity index (χ4n) is 2.07. The Morgan fingerprint density at radius 3 is 2.71 bits per heavy atom. The van der Waals surface area contributed by atoms with Crippen LogP contribution in [0.3, 0.4) is 0 Å². The zero-order valence-electron chi connectivity index (χ0n) is 12.1. The van der Waals surface area contributed by atoms with Crippen LogP contribution < -0.4 is 0 Å². The number of aromatic nitrogens is 5. The van der Waals surface area contributed by atoms with Crippen LogP contribution in [-0.4, -0.2) is 25.4 Å². The second-order valence-electron chi connectivity index (χ2n) is 4.75. The highest BCUT2D eigenvalue weighted by Crippen LogP contribution is 2.26. The van der Waals surface area contributed by atoms with Crippen molar-refractivity contribution in [3.05, 3.63) is 46.8 Å². The number of tetrazole rings is 1. The molecular weight excluding hydrogens is 286 g/mol. The lowest BCUT2D eigenvalue weighted by Gasteiger charge is -2.06. The van der Waals surface area contributed by atoms with Gasteiger partial charge < -0.3 is 4.52 Å². The third-order valence-electron chi connectivity index (χ3n) is 3.31. The summed E-state index contributed by atoms with van der Waals surface area (Å²) in [6.07, 6.45) is 0. The van der Waals surface area contributed by atoms with Crippen LogP contribution in [0, 0.1) is 20.8 Å². The lowest BCUT2D eigenvalue weighted by Crippen LogP contribution is -2.01. The van der Waals surface area contributed by atoms with Crippen molar-refractivity contribution in [1.82, 2.24) is 25.4 Å². The number of para-hydroxylation sites is 1. The zero-order valence-corrected chi connectivity index (χ0v) is 12.9. The Morgan fingerprint density at radius 1 is 1.19 bits per heavy atom. The van der Waals surface area contributed by atoms with Gasteiger partial charge in [-0.3, -0.25) is 0 Å². The van der Waals surface area contributed by atoms with Gasteiger partial charge in [-0.05, 0) is 42.8 Å². The topological polar surface area (TPSA) is 69.6 Å². The third-order valence-corrected chi connectivity index (χ3v) is 4.26. The molecule has 3 aromatic rings. The van der Waals surface area contributed by atoms with Crippen LogP contribution in [0.15, 0.2) is 33.9 Å². The molecule has 0 spiro atoms. The molecule has 7 heteroatoms. The molecule has 3 rings (SSSR count). The van der Waals surface area contributed by atoms with Gasteiger partial charge in [0.2, 0.25) is 5.16 Å². The standard InChI is InChI=1S/C14H15N5OS/c1-9-6-4-5-7-13(9)19-14(15-17-18-19)21-8-12-10(2)16-20-11(12)3/h4-7H,8H2,1-3H3. The van der Waals surface area contributed by atoms with Crippen LogP contribution >= 0.6 is 11.8 Å². The summed E-state index contributed by atoms with van der Waals surface area (Å²) in [6.45, 7) is 5.90. The van der Waals surface area contributed by atoms with Crippen LogP contribution in [-0.2, 0) is 5.75 Å². The summed E-state index contributed by atoms with van der Waals surface area (Å²) in [7, 11) is 0. The van der Waals surface area contributed by atoms with Gasteiger partial charge in [-0.15, -0.1) is 5.10 Å². The van der Waals surface area contributed by atoms with Crippen molar-refractivity contribution in [2.45, 2.75) is 31.7 Å². The van der Waals surface area contributed by atoms with E-state index in [4.69, 9.17) is 4.52 Å². The number of hydrogen-bond acceptors (Lipinski definition) is 6. The van der Waals surface area contributed by atoms with Crippen molar-refractivity contribution in [3.8, 4) is 5.69 Å². The van der Waals surface area contributed by atoms with E-state index in [1.807, 2.05) is 45.0 Å². The van der Waals surface area contributed by atoms with Gasteiger partial charge >= 0.3 is 0 Å². The van der Waals surface area contributed by atoms with Gasteiger partial charge in [0, 0.05) is 11.3 Å². The van der Waals surface area contributed by atoms with Gasteiger partial charge in [0.1, 0.15) is 5.76 Å². The van der Waals surface area contributed by atoms with Gasteiger partial charge in [0.05, 0.1) is 11.4 Å². The Bertz CT molecular complexity index is 745. The Labute approximate surface area is 126 Å². The number of aryl methyl sites for hydroxylation is 3. The van der Waals surface area contributed by atoms with Crippen molar-refractivity contribution in [2.75, 3.05) is 0 Å². The summed E-state index contributed by atoms with van der Waals surface area (Å²) in [5.41, 5.74) is 4.13. The molecule has 21 heavy (non-hydrogen) atoms. The first-order valence-corrected chi connectivity index (χ1v) is 7.54. The molecule has 0 unspecified atom stereocenters. The zero-order chi connectivity index (χ0) is 14.8. The van der Waals surface area contributed by atoms with E-state index in [9.17, 15) is 0 Å². The van der Waals surface area contributed by atoms with E-state index in [0.717, 1.165) is 39.2 Å². The molecule has 0 aliphatic carbocycles. The lowest BCUT2D eigenvalue weighted by molar-refractivity contribution is 0.392. The summed E-state index contributed by atoms with van der Waals surface area (Å²) >= 11 is 1.57. The number of nitrogens with zero attached hydrogens (tertiary/aromatic N) is 5. The highest BCUT2D eigenvalue weighted by Gasteiger charge is 2.14. The van der Waals surface area contributed by atoms with Gasteiger partial charge in [0.15, 0.2) is 0 Å². The summed E-state index contributed by atoms with van der Waals surface area (Å²) in [6, 6.07) is 8.03. The van der Waals surface area contributed by atoms with Crippen LogP contribution in [0.4, 0.5) is 0 Å². The van der Waals surface area contributed by atoms with Crippen molar-refractivity contribution < 1.29 is 4.52 Å². The SMILES string of the molecule is Cc1ccccc1-n1nnnc1SCc1c(C)noc1C. The summed E-state index contributed by atoms with van der Waals surface area (Å²) in [5.74, 6) is 1.57. The number of thioether (sulfide) groups is 1. The minimum atomic E-state index is 0.730.